The zero-order chi connectivity index (χ0) is 4.50. The number of hydrogen-bond donors (Lipinski definition) is 4. The molecule has 0 heterocycles. The van der Waals surface area contributed by atoms with Crippen LogP contribution in [-0.2, 0) is 0 Å². The molecule has 0 aromatic rings. The molecule has 4 nitrogen and oxygen atoms in total. The second kappa shape index (κ2) is 9.62. The van der Waals surface area contributed by atoms with E-state index in [0.29, 0.717) is 0 Å². The van der Waals surface area contributed by atoms with Crippen molar-refractivity contribution >= 4 is 87.2 Å². The molecule has 4 N–H and O–H groups in total. The molecular formula is H11AlCaMgO4Si. The van der Waals surface area contributed by atoms with E-state index in [4.69, 9.17) is 19.2 Å². The molecule has 0 radical (unpaired) electrons. The predicted octanol–water partition coefficient (Wildman–Crippen LogP) is -5.63. The van der Waals surface area contributed by atoms with Crippen LogP contribution in [0.2, 0.25) is 0 Å². The monoisotopic (exact) mass is 194 g/mol. The maximum atomic E-state index is 7.33. The van der Waals surface area contributed by atoms with Crippen molar-refractivity contribution < 1.29 is 19.2 Å². The Morgan fingerprint density at radius 2 is 0.875 bits per heavy atom. The Hall–Kier alpha value is 2.62. The molecule has 0 aromatic carbocycles. The molecule has 0 fully saturated rings. The van der Waals surface area contributed by atoms with Gasteiger partial charge < -0.3 is 19.2 Å². The topological polar surface area (TPSA) is 80.9 Å². The Morgan fingerprint density at radius 3 is 0.875 bits per heavy atom. The molecule has 46 valence electrons. The standard InChI is InChI=1S/Al.Ca.Mg.H4O4Si.7H/c;;;1-5(2,3)4;;;;;;;/h;;;1-4H;;;;;;;. The van der Waals surface area contributed by atoms with Crippen molar-refractivity contribution in [1.29, 1.82) is 0 Å². The number of hydrogen-bond acceptors (Lipinski definition) is 4. The summed E-state index contributed by atoms with van der Waals surface area (Å²) in [5.41, 5.74) is 0. The van der Waals surface area contributed by atoms with Gasteiger partial charge >= 0.3 is 69.8 Å². The van der Waals surface area contributed by atoms with E-state index in [9.17, 15) is 0 Å². The quantitative estimate of drug-likeness (QED) is 0.290. The van der Waals surface area contributed by atoms with Crippen LogP contribution in [-0.4, -0.2) is 106 Å². The summed E-state index contributed by atoms with van der Waals surface area (Å²) in [6.45, 7) is 0. The molecule has 8 heteroatoms. The molecule has 0 atom stereocenters. The molecule has 8 heavy (non-hydrogen) atoms. The molecule has 0 aliphatic carbocycles. The average Bonchev–Trinajstić information content (AvgIpc) is 0.722. The van der Waals surface area contributed by atoms with Gasteiger partial charge in [-0.05, 0) is 0 Å². The first-order valence-electron chi connectivity index (χ1n) is 0.894. The summed E-state index contributed by atoms with van der Waals surface area (Å²) in [4.78, 5) is 29.3. The fourth-order valence-electron chi connectivity index (χ4n) is 0. The van der Waals surface area contributed by atoms with Crippen molar-refractivity contribution in [3.05, 3.63) is 0 Å². The van der Waals surface area contributed by atoms with Gasteiger partial charge in [0.15, 0.2) is 17.4 Å². The molecule has 0 rings (SSSR count). The van der Waals surface area contributed by atoms with E-state index in [1.807, 2.05) is 0 Å². The minimum atomic E-state index is -4.61. The molecule has 0 saturated carbocycles. The predicted molar refractivity (Wildman–Crippen MR) is 41.7 cm³/mol. The second-order valence-corrected chi connectivity index (χ2v) is 1.80. The van der Waals surface area contributed by atoms with Crippen molar-refractivity contribution in [1.82, 2.24) is 0 Å². The fourth-order valence-corrected chi connectivity index (χ4v) is 0. The van der Waals surface area contributed by atoms with E-state index in [0.717, 1.165) is 0 Å². The molecule has 0 unspecified atom stereocenters. The molecule has 0 aliphatic heterocycles. The van der Waals surface area contributed by atoms with Gasteiger partial charge in [-0.2, -0.15) is 0 Å². The van der Waals surface area contributed by atoms with E-state index in [-0.39, 0.29) is 78.2 Å². The summed E-state index contributed by atoms with van der Waals surface area (Å²) in [5, 5.41) is 0. The third-order valence-electron chi connectivity index (χ3n) is 0. The van der Waals surface area contributed by atoms with Crippen LogP contribution in [0.1, 0.15) is 0 Å². The van der Waals surface area contributed by atoms with Gasteiger partial charge in [0.25, 0.3) is 0 Å². The summed E-state index contributed by atoms with van der Waals surface area (Å²) in [7, 11) is -4.61. The van der Waals surface area contributed by atoms with Crippen molar-refractivity contribution in [3.8, 4) is 0 Å². The van der Waals surface area contributed by atoms with Gasteiger partial charge in [0.1, 0.15) is 0 Å². The first kappa shape index (κ1) is 22.4. The van der Waals surface area contributed by atoms with Gasteiger partial charge in [0, 0.05) is 0 Å². The molecule has 0 aliphatic rings. The fraction of sp³-hybridized carbons (Fsp3) is 0. The summed E-state index contributed by atoms with van der Waals surface area (Å²) in [6.07, 6.45) is 0. The van der Waals surface area contributed by atoms with Crippen molar-refractivity contribution in [2.45, 2.75) is 0 Å². The zero-order valence-corrected chi connectivity index (χ0v) is 3.29. The first-order chi connectivity index (χ1) is 2.00. The van der Waals surface area contributed by atoms with Crippen LogP contribution in [0.25, 0.3) is 0 Å². The maximum absolute atomic E-state index is 7.33. The van der Waals surface area contributed by atoms with Gasteiger partial charge in [0.2, 0.25) is 0 Å². The van der Waals surface area contributed by atoms with E-state index < -0.39 is 9.05 Å². The minimum Gasteiger partial charge on any atom is 0.316 e. The van der Waals surface area contributed by atoms with Crippen LogP contribution in [0.15, 0.2) is 0 Å². The zero-order valence-electron chi connectivity index (χ0n) is 2.29. The maximum Gasteiger partial charge on any atom is 0.316 e. The molecule has 0 spiro atoms. The van der Waals surface area contributed by atoms with Gasteiger partial charge in [-0.25, -0.2) is 0 Å². The van der Waals surface area contributed by atoms with E-state index in [1.165, 1.54) is 0 Å². The summed E-state index contributed by atoms with van der Waals surface area (Å²) < 4.78 is 0. The normalized spacial score (nSPS) is 7.50. The smallest absolute Gasteiger partial charge is 0.316 e. The Labute approximate surface area is 105 Å². The molecule has 0 aromatic heterocycles. The van der Waals surface area contributed by atoms with Crippen molar-refractivity contribution in [2.75, 3.05) is 0 Å². The van der Waals surface area contributed by atoms with Crippen LogP contribution in [0.5, 0.6) is 0 Å². The molecule has 0 amide bonds. The number of rotatable bonds is 0. The minimum absolute atomic E-state index is 0. The van der Waals surface area contributed by atoms with Gasteiger partial charge in [0.05, 0.1) is 0 Å². The van der Waals surface area contributed by atoms with Gasteiger partial charge in [-0.1, -0.05) is 0 Å². The summed E-state index contributed by atoms with van der Waals surface area (Å²) in [6, 6.07) is 0. The first-order valence-corrected chi connectivity index (χ1v) is 2.68. The van der Waals surface area contributed by atoms with Crippen molar-refractivity contribution in [2.24, 2.45) is 0 Å². The Bertz CT molecular complexity index is 31.5. The van der Waals surface area contributed by atoms with Crippen LogP contribution >= 0.6 is 0 Å². The Kier molecular flexibility index (Phi) is 27.0. The van der Waals surface area contributed by atoms with Crippen LogP contribution in [0.4, 0.5) is 0 Å². The van der Waals surface area contributed by atoms with Crippen molar-refractivity contribution in [3.63, 3.8) is 0 Å². The van der Waals surface area contributed by atoms with Gasteiger partial charge in [-0.15, -0.1) is 0 Å². The summed E-state index contributed by atoms with van der Waals surface area (Å²) >= 11 is 0. The van der Waals surface area contributed by atoms with Crippen LogP contribution in [0, 0.1) is 0 Å². The largest absolute Gasteiger partial charge is 0.316 e. The second-order valence-electron chi connectivity index (χ2n) is 0.600. The van der Waals surface area contributed by atoms with Crippen LogP contribution in [0.3, 0.4) is 0 Å². The van der Waals surface area contributed by atoms with Gasteiger partial charge in [-0.3, -0.25) is 0 Å². The molecule has 0 saturated heterocycles. The third-order valence-corrected chi connectivity index (χ3v) is 0. The average molecular weight is 195 g/mol. The summed E-state index contributed by atoms with van der Waals surface area (Å²) in [5.74, 6) is 0. The Balaban J connectivity index is -0.0000000267. The Morgan fingerprint density at radius 1 is 0.875 bits per heavy atom. The van der Waals surface area contributed by atoms with E-state index in [1.54, 1.807) is 0 Å². The SMILES string of the molecule is O[Si](O)(O)O.[AlH3].[CaH2].[MgH2]. The molecular weight excluding hydrogens is 183 g/mol. The third kappa shape index (κ3) is 73.0. The van der Waals surface area contributed by atoms with Crippen LogP contribution < -0.4 is 0 Å². The van der Waals surface area contributed by atoms with E-state index >= 15 is 0 Å². The van der Waals surface area contributed by atoms with E-state index in [2.05, 4.69) is 0 Å². The molecule has 0 bridgehead atoms.